The lowest BCUT2D eigenvalue weighted by atomic mass is 10.2. The Bertz CT molecular complexity index is 1250. The third kappa shape index (κ3) is 3.67. The standard InChI is InChI=1S/C19H19ClN5O3S/c1-3-29(27,28)13-6-4-12(5-7-13)10-21-15-17(26)25(19(2)8-9-19)16-14(23-15)11-22-18(20)24-16/h4-7,11H,1,3,8-10H2,2H3,(H,21,23)/q+1. The van der Waals surface area contributed by atoms with E-state index in [0.717, 1.165) is 18.4 Å². The van der Waals surface area contributed by atoms with Gasteiger partial charge in [0, 0.05) is 12.1 Å². The molecule has 0 spiro atoms. The Morgan fingerprint density at radius 2 is 1.93 bits per heavy atom. The molecule has 0 bridgehead atoms. The van der Waals surface area contributed by atoms with Crippen LogP contribution in [0.15, 0.2) is 40.2 Å². The number of nitrogens with one attached hydrogen (secondary N) is 1. The van der Waals surface area contributed by atoms with E-state index < -0.39 is 9.84 Å². The molecule has 0 radical (unpaired) electrons. The second-order valence-corrected chi connectivity index (χ2v) is 9.71. The SMILES string of the molecule is [CH2+]CS(=O)(=O)c1ccc(CNc2nc3cnc(Cl)nc3n(C3(C)CC3)c2=O)cc1. The molecule has 0 atom stereocenters. The minimum absolute atomic E-state index is 0.0646. The Balaban J connectivity index is 1.66. The van der Waals surface area contributed by atoms with Gasteiger partial charge in [0.1, 0.15) is 5.52 Å². The molecular formula is C19H19ClN5O3S+. The molecule has 3 aromatic rings. The monoisotopic (exact) mass is 432 g/mol. The van der Waals surface area contributed by atoms with E-state index in [1.165, 1.54) is 18.3 Å². The molecule has 0 saturated heterocycles. The molecule has 1 aromatic carbocycles. The largest absolute Gasteiger partial charge is 0.361 e. The minimum Gasteiger partial charge on any atom is -0.361 e. The summed E-state index contributed by atoms with van der Waals surface area (Å²) in [5.41, 5.74) is 1.12. The fourth-order valence-electron chi connectivity index (χ4n) is 3.10. The van der Waals surface area contributed by atoms with Crippen LogP contribution >= 0.6 is 11.6 Å². The lowest BCUT2D eigenvalue weighted by molar-refractivity contribution is 0.527. The van der Waals surface area contributed by atoms with Crippen LogP contribution < -0.4 is 10.9 Å². The van der Waals surface area contributed by atoms with E-state index in [9.17, 15) is 13.2 Å². The maximum absolute atomic E-state index is 13.1. The number of hydrogen-bond acceptors (Lipinski definition) is 7. The summed E-state index contributed by atoms with van der Waals surface area (Å²) in [7, 11) is -3.35. The zero-order valence-corrected chi connectivity index (χ0v) is 17.3. The first kappa shape index (κ1) is 19.7. The van der Waals surface area contributed by atoms with Gasteiger partial charge in [0.2, 0.25) is 15.1 Å². The van der Waals surface area contributed by atoms with E-state index in [-0.39, 0.29) is 32.8 Å². The van der Waals surface area contributed by atoms with Gasteiger partial charge in [0.15, 0.2) is 17.2 Å². The molecule has 29 heavy (non-hydrogen) atoms. The van der Waals surface area contributed by atoms with Gasteiger partial charge in [-0.1, -0.05) is 12.1 Å². The summed E-state index contributed by atoms with van der Waals surface area (Å²) < 4.78 is 25.4. The van der Waals surface area contributed by atoms with Crippen LogP contribution in [-0.2, 0) is 21.9 Å². The highest BCUT2D eigenvalue weighted by molar-refractivity contribution is 7.91. The molecule has 2 heterocycles. The summed E-state index contributed by atoms with van der Waals surface area (Å²) in [4.78, 5) is 25.8. The highest BCUT2D eigenvalue weighted by Crippen LogP contribution is 2.43. The molecule has 2 aromatic heterocycles. The Morgan fingerprint density at radius 1 is 1.24 bits per heavy atom. The first-order valence-electron chi connectivity index (χ1n) is 9.04. The number of anilines is 1. The number of nitrogens with zero attached hydrogens (tertiary/aromatic N) is 4. The quantitative estimate of drug-likeness (QED) is 0.471. The Labute approximate surface area is 172 Å². The number of halogens is 1. The van der Waals surface area contributed by atoms with Crippen LogP contribution in [0, 0.1) is 6.92 Å². The lowest BCUT2D eigenvalue weighted by Gasteiger charge is -2.17. The summed E-state index contributed by atoms with van der Waals surface area (Å²) in [6.45, 7) is 5.75. The number of rotatable bonds is 6. The second-order valence-electron chi connectivity index (χ2n) is 7.26. The molecule has 1 saturated carbocycles. The van der Waals surface area contributed by atoms with E-state index in [1.54, 1.807) is 16.7 Å². The highest BCUT2D eigenvalue weighted by Gasteiger charge is 2.42. The number of fused-ring (bicyclic) bond motifs is 1. The van der Waals surface area contributed by atoms with Crippen molar-refractivity contribution in [2.75, 3.05) is 11.1 Å². The fourth-order valence-corrected chi connectivity index (χ4v) is 4.01. The maximum atomic E-state index is 13.1. The zero-order chi connectivity index (χ0) is 20.8. The van der Waals surface area contributed by atoms with Gasteiger partial charge in [-0.3, -0.25) is 9.36 Å². The maximum Gasteiger partial charge on any atom is 0.295 e. The second kappa shape index (κ2) is 7.00. The van der Waals surface area contributed by atoms with Crippen molar-refractivity contribution in [1.82, 2.24) is 19.5 Å². The third-order valence-electron chi connectivity index (χ3n) is 5.09. The average Bonchev–Trinajstić information content (AvgIpc) is 3.44. The summed E-state index contributed by atoms with van der Waals surface area (Å²) in [5.74, 6) is -0.0123. The fraction of sp³-hybridized carbons (Fsp3) is 0.316. The van der Waals surface area contributed by atoms with Crippen molar-refractivity contribution in [3.63, 3.8) is 0 Å². The van der Waals surface area contributed by atoms with E-state index in [4.69, 9.17) is 11.6 Å². The molecule has 0 unspecified atom stereocenters. The molecule has 0 aliphatic heterocycles. The summed E-state index contributed by atoms with van der Waals surface area (Å²) in [5, 5.41) is 3.12. The number of hydrogen-bond donors (Lipinski definition) is 1. The van der Waals surface area contributed by atoms with Crippen LogP contribution in [0.25, 0.3) is 11.2 Å². The van der Waals surface area contributed by atoms with Crippen molar-refractivity contribution >= 4 is 38.4 Å². The Hall–Kier alpha value is -2.65. The van der Waals surface area contributed by atoms with Crippen LogP contribution in [-0.4, -0.2) is 33.7 Å². The van der Waals surface area contributed by atoms with Crippen molar-refractivity contribution in [3.05, 3.63) is 58.6 Å². The predicted octanol–water partition coefficient (Wildman–Crippen LogP) is 2.57. The van der Waals surface area contributed by atoms with Gasteiger partial charge in [-0.15, -0.1) is 0 Å². The van der Waals surface area contributed by atoms with E-state index in [0.29, 0.717) is 17.7 Å². The molecule has 0 amide bonds. The molecular weight excluding hydrogens is 414 g/mol. The van der Waals surface area contributed by atoms with Crippen molar-refractivity contribution in [2.45, 2.75) is 36.7 Å². The van der Waals surface area contributed by atoms with Gasteiger partial charge in [-0.2, -0.15) is 4.98 Å². The van der Waals surface area contributed by atoms with Gasteiger partial charge in [0.05, 0.1) is 18.0 Å². The van der Waals surface area contributed by atoms with Crippen LogP contribution in [0.2, 0.25) is 5.28 Å². The smallest absolute Gasteiger partial charge is 0.295 e. The van der Waals surface area contributed by atoms with Gasteiger partial charge < -0.3 is 5.32 Å². The summed E-state index contributed by atoms with van der Waals surface area (Å²) in [6, 6.07) is 6.45. The Kier molecular flexibility index (Phi) is 4.74. The number of sulfone groups is 1. The van der Waals surface area contributed by atoms with Crippen molar-refractivity contribution in [2.24, 2.45) is 0 Å². The molecule has 4 rings (SSSR count). The van der Waals surface area contributed by atoms with E-state index in [2.05, 4.69) is 27.2 Å². The van der Waals surface area contributed by atoms with Gasteiger partial charge >= 0.3 is 0 Å². The molecule has 8 nitrogen and oxygen atoms in total. The molecule has 1 fully saturated rings. The topological polar surface area (TPSA) is 107 Å². The summed E-state index contributed by atoms with van der Waals surface area (Å²) >= 11 is 5.92. The average molecular weight is 433 g/mol. The van der Waals surface area contributed by atoms with Crippen molar-refractivity contribution in [1.29, 1.82) is 0 Å². The number of benzene rings is 1. The van der Waals surface area contributed by atoms with Crippen LogP contribution in [0.4, 0.5) is 5.82 Å². The highest BCUT2D eigenvalue weighted by atomic mass is 35.5. The molecule has 1 aliphatic rings. The van der Waals surface area contributed by atoms with E-state index >= 15 is 0 Å². The van der Waals surface area contributed by atoms with Crippen LogP contribution in [0.5, 0.6) is 0 Å². The normalized spacial score (nSPS) is 15.4. The van der Waals surface area contributed by atoms with Gasteiger partial charge in [0.25, 0.3) is 5.56 Å². The van der Waals surface area contributed by atoms with Gasteiger partial charge in [-0.25, -0.2) is 18.4 Å². The van der Waals surface area contributed by atoms with Crippen molar-refractivity contribution in [3.8, 4) is 0 Å². The third-order valence-corrected chi connectivity index (χ3v) is 6.80. The first-order chi connectivity index (χ1) is 13.7. The van der Waals surface area contributed by atoms with E-state index in [1.807, 2.05) is 6.92 Å². The summed E-state index contributed by atoms with van der Waals surface area (Å²) in [6.07, 6.45) is 3.24. The van der Waals surface area contributed by atoms with Gasteiger partial charge in [-0.05, 0) is 49.1 Å². The van der Waals surface area contributed by atoms with Crippen LogP contribution in [0.3, 0.4) is 0 Å². The molecule has 1 aliphatic carbocycles. The van der Waals surface area contributed by atoms with Crippen LogP contribution in [0.1, 0.15) is 25.3 Å². The predicted molar refractivity (Wildman–Crippen MR) is 111 cm³/mol. The zero-order valence-electron chi connectivity index (χ0n) is 15.7. The lowest BCUT2D eigenvalue weighted by Crippen LogP contribution is -2.32. The van der Waals surface area contributed by atoms with Crippen molar-refractivity contribution < 1.29 is 8.42 Å². The number of aromatic nitrogens is 4. The first-order valence-corrected chi connectivity index (χ1v) is 11.1. The Morgan fingerprint density at radius 3 is 2.55 bits per heavy atom. The molecule has 150 valence electrons. The minimum atomic E-state index is -3.35. The molecule has 1 N–H and O–H groups in total. The molecule has 10 heteroatoms.